The SMILES string of the molecule is CC1(C)c2cc(/C=C/c3ccc4ccc5c(/C=C/c6ccc7c(c6)C(C)(C)c6cc(N(c8ccccc8)c8ccc9c(c8)C(C)(C)c8ccccc8-9)ccc6-7)ccc6ccc3c4c65)ccc2-c2ccc(N(C3=CC4C(C=C3)c3ccccc3C4(C)C)c3ccccc3)cc21. The average molecular weight is 1210 g/mol. The van der Waals surface area contributed by atoms with Crippen molar-refractivity contribution in [2.75, 3.05) is 9.80 Å². The van der Waals surface area contributed by atoms with Crippen LogP contribution in [0.1, 0.15) is 128 Å². The van der Waals surface area contributed by atoms with Gasteiger partial charge < -0.3 is 9.80 Å². The molecule has 13 aromatic rings. The predicted molar refractivity (Wildman–Crippen MR) is 400 cm³/mol. The lowest BCUT2D eigenvalue weighted by Crippen LogP contribution is -2.28. The van der Waals surface area contributed by atoms with E-state index in [-0.39, 0.29) is 21.7 Å². The van der Waals surface area contributed by atoms with Crippen molar-refractivity contribution in [1.82, 2.24) is 0 Å². The number of hydrogen-bond donors (Lipinski definition) is 0. The Morgan fingerprint density at radius 2 is 0.723 bits per heavy atom. The molecule has 13 aromatic carbocycles. The zero-order valence-electron chi connectivity index (χ0n) is 54.8. The highest BCUT2D eigenvalue weighted by Crippen LogP contribution is 2.57. The second-order valence-corrected chi connectivity index (χ2v) is 29.3. The number of para-hydroxylation sites is 2. The summed E-state index contributed by atoms with van der Waals surface area (Å²) in [6, 6.07) is 93.9. The quantitative estimate of drug-likeness (QED) is 0.0995. The van der Waals surface area contributed by atoms with E-state index in [1.807, 2.05) is 0 Å². The summed E-state index contributed by atoms with van der Waals surface area (Å²) in [5, 5.41) is 7.71. The van der Waals surface area contributed by atoms with Crippen LogP contribution in [0.25, 0.3) is 90.0 Å². The molecule has 0 fully saturated rings. The van der Waals surface area contributed by atoms with E-state index in [9.17, 15) is 0 Å². The summed E-state index contributed by atoms with van der Waals surface area (Å²) in [5.41, 5.74) is 30.5. The van der Waals surface area contributed by atoms with Gasteiger partial charge in [0.1, 0.15) is 0 Å². The van der Waals surface area contributed by atoms with E-state index in [1.54, 1.807) is 0 Å². The highest BCUT2D eigenvalue weighted by atomic mass is 15.2. The molecule has 0 radical (unpaired) electrons. The lowest BCUT2D eigenvalue weighted by Gasteiger charge is -2.35. The van der Waals surface area contributed by atoms with E-state index in [4.69, 9.17) is 0 Å². The van der Waals surface area contributed by atoms with E-state index in [0.717, 1.165) is 11.4 Å². The fraction of sp³-hybridized carbons (Fsp3) is 0.152. The largest absolute Gasteiger partial charge is 0.311 e. The van der Waals surface area contributed by atoms with E-state index in [2.05, 4.69) is 356 Å². The summed E-state index contributed by atoms with van der Waals surface area (Å²) < 4.78 is 0. The van der Waals surface area contributed by atoms with Gasteiger partial charge in [-0.3, -0.25) is 0 Å². The summed E-state index contributed by atoms with van der Waals surface area (Å²) in [6.45, 7) is 19.2. The van der Waals surface area contributed by atoms with Crippen LogP contribution in [0.3, 0.4) is 0 Å². The molecule has 0 saturated carbocycles. The summed E-state index contributed by atoms with van der Waals surface area (Å²) in [4.78, 5) is 4.92. The van der Waals surface area contributed by atoms with E-state index >= 15 is 0 Å². The number of rotatable bonds is 10. The van der Waals surface area contributed by atoms with Crippen molar-refractivity contribution in [3.05, 3.63) is 339 Å². The molecule has 2 atom stereocenters. The summed E-state index contributed by atoms with van der Waals surface area (Å²) in [5.74, 6) is 0.741. The minimum absolute atomic E-state index is 0.0219. The van der Waals surface area contributed by atoms with Gasteiger partial charge >= 0.3 is 0 Å². The van der Waals surface area contributed by atoms with Gasteiger partial charge in [0, 0.05) is 56.3 Å². The summed E-state index contributed by atoms with van der Waals surface area (Å²) >= 11 is 0. The van der Waals surface area contributed by atoms with Gasteiger partial charge in [0.25, 0.3) is 0 Å². The number of allylic oxidation sites excluding steroid dienone is 3. The molecule has 2 heteroatoms. The van der Waals surface area contributed by atoms with Crippen LogP contribution < -0.4 is 9.80 Å². The smallest absolute Gasteiger partial charge is 0.0465 e. The number of hydrogen-bond acceptors (Lipinski definition) is 2. The molecule has 0 N–H and O–H groups in total. The zero-order valence-corrected chi connectivity index (χ0v) is 54.8. The second kappa shape index (κ2) is 20.5. The minimum atomic E-state index is -0.217. The van der Waals surface area contributed by atoms with Crippen LogP contribution in [-0.4, -0.2) is 0 Å². The molecule has 2 unspecified atom stereocenters. The molecular weight excluding hydrogens is 1130 g/mol. The Labute approximate surface area is 553 Å². The first-order valence-corrected chi connectivity index (χ1v) is 33.7. The highest BCUT2D eigenvalue weighted by molar-refractivity contribution is 6.25. The van der Waals surface area contributed by atoms with Crippen molar-refractivity contribution in [2.24, 2.45) is 5.92 Å². The van der Waals surface area contributed by atoms with Crippen molar-refractivity contribution in [3.8, 4) is 33.4 Å². The van der Waals surface area contributed by atoms with Gasteiger partial charge in [-0.2, -0.15) is 0 Å². The van der Waals surface area contributed by atoms with Crippen LogP contribution >= 0.6 is 0 Å². The molecule has 0 spiro atoms. The average Bonchev–Trinajstić information content (AvgIpc) is 1.28. The maximum Gasteiger partial charge on any atom is 0.0465 e. The fourth-order valence-electron chi connectivity index (χ4n) is 17.7. The molecule has 0 aliphatic heterocycles. The van der Waals surface area contributed by atoms with Gasteiger partial charge in [0.15, 0.2) is 0 Å². The zero-order chi connectivity index (χ0) is 63.6. The Hall–Kier alpha value is -10.5. The van der Waals surface area contributed by atoms with Crippen molar-refractivity contribution in [2.45, 2.75) is 83.0 Å². The lowest BCUT2D eigenvalue weighted by atomic mass is 9.74. The standard InChI is InChI=1S/C92H74N2/c1-89(2)79-25-17-15-23-71(79)75-47-39-65(53-83(75)89)93(63-19-11-9-12-20-63)67-41-49-77-73-43-29-57(51-81(73)91(5,6)85(77)55-67)27-31-59-33-35-61-38-46-70-60(34-36-62-37-45-69(59)87(61)88(62)70)32-28-58-30-44-74-78-50-42-68(56-86(78)92(7,8)82(74)52-58)94(64-21-13-10-14-22-64)66-40-48-76-72-24-16-18-26-80(72)90(3,4)84(76)54-66/h9-56,75,83H,1-8H3/b31-27+,32-28+. The van der Waals surface area contributed by atoms with Gasteiger partial charge in [-0.05, 0) is 211 Å². The van der Waals surface area contributed by atoms with Crippen LogP contribution in [0, 0.1) is 5.92 Å². The molecule has 0 bridgehead atoms. The molecule has 5 aliphatic rings. The van der Waals surface area contributed by atoms with Crippen LogP contribution in [0.4, 0.5) is 28.4 Å². The molecule has 5 aliphatic carbocycles. The van der Waals surface area contributed by atoms with Crippen LogP contribution in [0.5, 0.6) is 0 Å². The van der Waals surface area contributed by atoms with Crippen molar-refractivity contribution >= 4 is 85.1 Å². The number of benzene rings is 13. The molecular formula is C92H74N2. The first-order valence-electron chi connectivity index (χ1n) is 33.7. The molecule has 18 rings (SSSR count). The van der Waals surface area contributed by atoms with E-state index in [0.29, 0.717) is 11.8 Å². The Bertz CT molecular complexity index is 5450. The third-order valence-electron chi connectivity index (χ3n) is 22.7. The molecule has 94 heavy (non-hydrogen) atoms. The predicted octanol–water partition coefficient (Wildman–Crippen LogP) is 24.6. The Kier molecular flexibility index (Phi) is 12.3. The maximum absolute atomic E-state index is 2.55. The van der Waals surface area contributed by atoms with Gasteiger partial charge in [-0.1, -0.05) is 280 Å². The second-order valence-electron chi connectivity index (χ2n) is 29.3. The van der Waals surface area contributed by atoms with Gasteiger partial charge in [0.2, 0.25) is 0 Å². The topological polar surface area (TPSA) is 6.48 Å². The maximum atomic E-state index is 2.55. The third kappa shape index (κ3) is 8.34. The van der Waals surface area contributed by atoms with Crippen LogP contribution in [-0.2, 0) is 21.7 Å². The van der Waals surface area contributed by atoms with Crippen molar-refractivity contribution < 1.29 is 0 Å². The Balaban J connectivity index is 0.625. The molecule has 0 aromatic heterocycles. The van der Waals surface area contributed by atoms with Crippen LogP contribution in [0.15, 0.2) is 273 Å². The first kappa shape index (κ1) is 56.2. The van der Waals surface area contributed by atoms with Crippen molar-refractivity contribution in [1.29, 1.82) is 0 Å². The van der Waals surface area contributed by atoms with E-state index < -0.39 is 0 Å². The highest BCUT2D eigenvalue weighted by Gasteiger charge is 2.46. The number of fused-ring (bicyclic) bond motifs is 12. The third-order valence-corrected chi connectivity index (χ3v) is 22.7. The van der Waals surface area contributed by atoms with Gasteiger partial charge in [0.05, 0.1) is 0 Å². The number of nitrogens with zero attached hydrogens (tertiary/aromatic N) is 2. The fourth-order valence-corrected chi connectivity index (χ4v) is 17.7. The normalized spacial score (nSPS) is 17.6. The molecule has 2 nitrogen and oxygen atoms in total. The summed E-state index contributed by atoms with van der Waals surface area (Å²) in [7, 11) is 0. The minimum Gasteiger partial charge on any atom is -0.311 e. The molecule has 0 amide bonds. The van der Waals surface area contributed by atoms with E-state index in [1.165, 1.54) is 155 Å². The van der Waals surface area contributed by atoms with Crippen molar-refractivity contribution in [3.63, 3.8) is 0 Å². The van der Waals surface area contributed by atoms with Crippen LogP contribution in [0.2, 0.25) is 0 Å². The van der Waals surface area contributed by atoms with Gasteiger partial charge in [-0.15, -0.1) is 0 Å². The molecule has 0 saturated heterocycles. The molecule has 0 heterocycles. The monoisotopic (exact) mass is 1210 g/mol. The Morgan fingerprint density at radius 1 is 0.319 bits per heavy atom. The lowest BCUT2D eigenvalue weighted by molar-refractivity contribution is 0.392. The first-order chi connectivity index (χ1) is 45.6. The van der Waals surface area contributed by atoms with Gasteiger partial charge in [-0.25, -0.2) is 0 Å². The summed E-state index contributed by atoms with van der Waals surface area (Å²) in [6.07, 6.45) is 16.7. The molecule has 452 valence electrons. The number of anilines is 5. The Morgan fingerprint density at radius 3 is 1.24 bits per heavy atom.